The van der Waals surface area contributed by atoms with Gasteiger partial charge < -0.3 is 10.4 Å². The Kier molecular flexibility index (Phi) is 3.67. The Morgan fingerprint density at radius 3 is 2.81 bits per heavy atom. The maximum Gasteiger partial charge on any atom is 0.0494 e. The summed E-state index contributed by atoms with van der Waals surface area (Å²) >= 11 is 1.83. The first-order valence-electron chi connectivity index (χ1n) is 6.00. The first kappa shape index (κ1) is 12.1. The van der Waals surface area contributed by atoms with Gasteiger partial charge in [0.25, 0.3) is 0 Å². The number of thiophene rings is 1. The van der Waals surface area contributed by atoms with Crippen molar-refractivity contribution in [1.82, 2.24) is 5.32 Å². The Balaban J connectivity index is 1.94. The van der Waals surface area contributed by atoms with E-state index < -0.39 is 0 Å². The molecule has 3 heteroatoms. The van der Waals surface area contributed by atoms with Crippen molar-refractivity contribution in [2.24, 2.45) is 11.3 Å². The van der Waals surface area contributed by atoms with Gasteiger partial charge >= 0.3 is 0 Å². The van der Waals surface area contributed by atoms with Gasteiger partial charge in [-0.1, -0.05) is 19.9 Å². The molecule has 0 saturated heterocycles. The van der Waals surface area contributed by atoms with Crippen LogP contribution in [0.2, 0.25) is 0 Å². The van der Waals surface area contributed by atoms with Crippen LogP contribution in [-0.4, -0.2) is 18.3 Å². The molecule has 1 aliphatic rings. The molecule has 0 amide bonds. The fourth-order valence-electron chi connectivity index (χ4n) is 1.84. The molecule has 0 bridgehead atoms. The van der Waals surface area contributed by atoms with Crippen LogP contribution in [0.3, 0.4) is 0 Å². The second-order valence-corrected chi connectivity index (χ2v) is 6.51. The Hall–Kier alpha value is -0.380. The minimum Gasteiger partial charge on any atom is -0.396 e. The predicted octanol–water partition coefficient (Wildman–Crippen LogP) is 2.81. The van der Waals surface area contributed by atoms with Gasteiger partial charge in [0.2, 0.25) is 0 Å². The third-order valence-electron chi connectivity index (χ3n) is 3.17. The Morgan fingerprint density at radius 2 is 2.31 bits per heavy atom. The Labute approximate surface area is 102 Å². The monoisotopic (exact) mass is 239 g/mol. The summed E-state index contributed by atoms with van der Waals surface area (Å²) in [4.78, 5) is 1.44. The molecular formula is C13H21NOS. The smallest absolute Gasteiger partial charge is 0.0494 e. The molecule has 0 aliphatic heterocycles. The van der Waals surface area contributed by atoms with Crippen LogP contribution in [0.15, 0.2) is 17.5 Å². The number of nitrogens with one attached hydrogen (secondary N) is 1. The summed E-state index contributed by atoms with van der Waals surface area (Å²) in [6.07, 6.45) is 2.68. The SMILES string of the molecule is CC(C)(CO)CNC(c1cccs1)C1CC1. The van der Waals surface area contributed by atoms with Gasteiger partial charge in [0, 0.05) is 29.5 Å². The predicted molar refractivity (Wildman–Crippen MR) is 68.7 cm³/mol. The lowest BCUT2D eigenvalue weighted by atomic mass is 9.94. The molecule has 2 nitrogen and oxygen atoms in total. The van der Waals surface area contributed by atoms with Gasteiger partial charge in [-0.05, 0) is 30.2 Å². The van der Waals surface area contributed by atoms with E-state index in [1.54, 1.807) is 0 Å². The molecule has 1 aliphatic carbocycles. The fraction of sp³-hybridized carbons (Fsp3) is 0.692. The zero-order chi connectivity index (χ0) is 11.6. The number of aliphatic hydroxyl groups excluding tert-OH is 1. The van der Waals surface area contributed by atoms with Crippen molar-refractivity contribution in [3.63, 3.8) is 0 Å². The highest BCUT2D eigenvalue weighted by Crippen LogP contribution is 2.42. The van der Waals surface area contributed by atoms with Crippen LogP contribution in [0.5, 0.6) is 0 Å². The standard InChI is InChI=1S/C13H21NOS/c1-13(2,9-15)8-14-12(10-5-6-10)11-4-3-7-16-11/h3-4,7,10,12,14-15H,5-6,8-9H2,1-2H3. The van der Waals surface area contributed by atoms with E-state index >= 15 is 0 Å². The summed E-state index contributed by atoms with van der Waals surface area (Å²) in [5, 5.41) is 15.0. The lowest BCUT2D eigenvalue weighted by Crippen LogP contribution is -2.35. The topological polar surface area (TPSA) is 32.3 Å². The van der Waals surface area contributed by atoms with Gasteiger partial charge in [-0.2, -0.15) is 0 Å². The maximum absolute atomic E-state index is 9.25. The van der Waals surface area contributed by atoms with E-state index in [4.69, 9.17) is 0 Å². The largest absolute Gasteiger partial charge is 0.396 e. The van der Waals surface area contributed by atoms with Crippen LogP contribution in [0.1, 0.15) is 37.6 Å². The van der Waals surface area contributed by atoms with Gasteiger partial charge in [-0.3, -0.25) is 0 Å². The molecule has 0 radical (unpaired) electrons. The van der Waals surface area contributed by atoms with Crippen molar-refractivity contribution >= 4 is 11.3 Å². The molecular weight excluding hydrogens is 218 g/mol. The first-order chi connectivity index (χ1) is 7.62. The normalized spacial score (nSPS) is 18.7. The van der Waals surface area contributed by atoms with Crippen LogP contribution < -0.4 is 5.32 Å². The third kappa shape index (κ3) is 3.06. The Bertz CT molecular complexity index is 317. The van der Waals surface area contributed by atoms with Crippen molar-refractivity contribution in [3.8, 4) is 0 Å². The lowest BCUT2D eigenvalue weighted by molar-refractivity contribution is 0.152. The van der Waals surface area contributed by atoms with E-state index in [9.17, 15) is 5.11 Å². The van der Waals surface area contributed by atoms with E-state index in [0.717, 1.165) is 12.5 Å². The summed E-state index contributed by atoms with van der Waals surface area (Å²) in [5.41, 5.74) is -0.0234. The first-order valence-corrected chi connectivity index (χ1v) is 6.88. The molecule has 1 heterocycles. The highest BCUT2D eigenvalue weighted by Gasteiger charge is 2.33. The summed E-state index contributed by atoms with van der Waals surface area (Å²) in [6, 6.07) is 4.84. The zero-order valence-electron chi connectivity index (χ0n) is 10.1. The molecule has 2 rings (SSSR count). The maximum atomic E-state index is 9.25. The quantitative estimate of drug-likeness (QED) is 0.800. The molecule has 16 heavy (non-hydrogen) atoms. The van der Waals surface area contributed by atoms with Crippen molar-refractivity contribution in [1.29, 1.82) is 0 Å². The summed E-state index contributed by atoms with van der Waals surface area (Å²) < 4.78 is 0. The van der Waals surface area contributed by atoms with Gasteiger partial charge in [0.1, 0.15) is 0 Å². The Morgan fingerprint density at radius 1 is 1.56 bits per heavy atom. The van der Waals surface area contributed by atoms with E-state index in [-0.39, 0.29) is 12.0 Å². The molecule has 1 unspecified atom stereocenters. The van der Waals surface area contributed by atoms with E-state index in [2.05, 4.69) is 36.7 Å². The minimum absolute atomic E-state index is 0.0234. The van der Waals surface area contributed by atoms with Crippen molar-refractivity contribution in [2.75, 3.05) is 13.2 Å². The molecule has 1 aromatic heterocycles. The van der Waals surface area contributed by atoms with Crippen molar-refractivity contribution in [3.05, 3.63) is 22.4 Å². The summed E-state index contributed by atoms with van der Waals surface area (Å²) in [5.74, 6) is 0.813. The van der Waals surface area contributed by atoms with Gasteiger partial charge in [0.05, 0.1) is 0 Å². The minimum atomic E-state index is -0.0234. The van der Waals surface area contributed by atoms with E-state index in [0.29, 0.717) is 6.04 Å². The zero-order valence-corrected chi connectivity index (χ0v) is 10.9. The molecule has 1 fully saturated rings. The van der Waals surface area contributed by atoms with Crippen LogP contribution in [0, 0.1) is 11.3 Å². The summed E-state index contributed by atoms with van der Waals surface area (Å²) in [6.45, 7) is 5.31. The molecule has 0 aromatic carbocycles. The van der Waals surface area contributed by atoms with Crippen molar-refractivity contribution in [2.45, 2.75) is 32.7 Å². The molecule has 0 spiro atoms. The highest BCUT2D eigenvalue weighted by atomic mass is 32.1. The average molecular weight is 239 g/mol. The molecule has 2 N–H and O–H groups in total. The molecule has 1 aromatic rings. The van der Waals surface area contributed by atoms with E-state index in [1.165, 1.54) is 17.7 Å². The molecule has 1 saturated carbocycles. The number of rotatable bonds is 6. The third-order valence-corrected chi connectivity index (χ3v) is 4.13. The summed E-state index contributed by atoms with van der Waals surface area (Å²) in [7, 11) is 0. The van der Waals surface area contributed by atoms with Gasteiger partial charge in [-0.15, -0.1) is 11.3 Å². The van der Waals surface area contributed by atoms with Gasteiger partial charge in [-0.25, -0.2) is 0 Å². The highest BCUT2D eigenvalue weighted by molar-refractivity contribution is 7.10. The van der Waals surface area contributed by atoms with Gasteiger partial charge in [0.15, 0.2) is 0 Å². The van der Waals surface area contributed by atoms with Crippen molar-refractivity contribution < 1.29 is 5.11 Å². The molecule has 1 atom stereocenters. The van der Waals surface area contributed by atoms with Crippen LogP contribution in [0.4, 0.5) is 0 Å². The average Bonchev–Trinajstić information content (AvgIpc) is 2.94. The van der Waals surface area contributed by atoms with E-state index in [1.807, 2.05) is 11.3 Å². The number of aliphatic hydroxyl groups is 1. The lowest BCUT2D eigenvalue weighted by Gasteiger charge is -2.26. The second kappa shape index (κ2) is 4.86. The van der Waals surface area contributed by atoms with Crippen LogP contribution in [0.25, 0.3) is 0 Å². The fourth-order valence-corrected chi connectivity index (χ4v) is 2.73. The number of hydrogen-bond acceptors (Lipinski definition) is 3. The number of hydrogen-bond donors (Lipinski definition) is 2. The second-order valence-electron chi connectivity index (χ2n) is 5.53. The van der Waals surface area contributed by atoms with Crippen LogP contribution in [-0.2, 0) is 0 Å². The molecule has 90 valence electrons. The van der Waals surface area contributed by atoms with Crippen LogP contribution >= 0.6 is 11.3 Å².